The first-order valence-electron chi connectivity index (χ1n) is 3.20. The summed E-state index contributed by atoms with van der Waals surface area (Å²) >= 11 is 0. The van der Waals surface area contributed by atoms with Crippen LogP contribution in [0, 0.1) is 0 Å². The molecule has 9 heavy (non-hydrogen) atoms. The van der Waals surface area contributed by atoms with Crippen LogP contribution in [-0.2, 0) is 4.74 Å². The first-order chi connectivity index (χ1) is 4.15. The van der Waals surface area contributed by atoms with Crippen molar-refractivity contribution in [3.63, 3.8) is 0 Å². The molecule has 0 radical (unpaired) electrons. The molecule has 1 aliphatic rings. The van der Waals surface area contributed by atoms with Crippen LogP contribution in [0.2, 0.25) is 0 Å². The monoisotopic (exact) mass is 131 g/mol. The molecule has 0 amide bonds. The van der Waals surface area contributed by atoms with Crippen molar-refractivity contribution in [1.29, 1.82) is 0 Å². The number of hydrogen-bond donors (Lipinski definition) is 2. The minimum atomic E-state index is -0.472. The lowest BCUT2D eigenvalue weighted by atomic mass is 9.94. The molecule has 3 nitrogen and oxygen atoms in total. The second kappa shape index (κ2) is 2.25. The van der Waals surface area contributed by atoms with Crippen molar-refractivity contribution in [2.24, 2.45) is 5.73 Å². The molecule has 0 aromatic heterocycles. The molecule has 1 heterocycles. The number of hydrogen-bond acceptors (Lipinski definition) is 3. The molecule has 54 valence electrons. The average molecular weight is 131 g/mol. The molecule has 1 unspecified atom stereocenters. The van der Waals surface area contributed by atoms with Crippen molar-refractivity contribution in [2.75, 3.05) is 13.2 Å². The molecule has 0 bridgehead atoms. The van der Waals surface area contributed by atoms with Crippen molar-refractivity contribution in [1.82, 2.24) is 0 Å². The van der Waals surface area contributed by atoms with Gasteiger partial charge < -0.3 is 15.6 Å². The van der Waals surface area contributed by atoms with Crippen LogP contribution in [-0.4, -0.2) is 30.0 Å². The maximum absolute atomic E-state index is 9.11. The second-order valence-electron chi connectivity index (χ2n) is 2.71. The van der Waals surface area contributed by atoms with E-state index in [4.69, 9.17) is 15.6 Å². The van der Waals surface area contributed by atoms with Crippen LogP contribution in [0.1, 0.15) is 13.3 Å². The Morgan fingerprint density at radius 2 is 2.44 bits per heavy atom. The number of nitrogens with two attached hydrogens (primary N) is 1. The van der Waals surface area contributed by atoms with Crippen LogP contribution in [0.4, 0.5) is 0 Å². The Hall–Kier alpha value is -0.120. The number of rotatable bonds is 1. The van der Waals surface area contributed by atoms with Gasteiger partial charge in [-0.25, -0.2) is 0 Å². The van der Waals surface area contributed by atoms with Crippen molar-refractivity contribution in [2.45, 2.75) is 25.0 Å². The quantitative estimate of drug-likeness (QED) is 0.503. The van der Waals surface area contributed by atoms with Crippen molar-refractivity contribution >= 4 is 0 Å². The Kier molecular flexibility index (Phi) is 1.75. The second-order valence-corrected chi connectivity index (χ2v) is 2.71. The van der Waals surface area contributed by atoms with Crippen molar-refractivity contribution in [3.8, 4) is 0 Å². The smallest absolute Gasteiger partial charge is 0.0715 e. The van der Waals surface area contributed by atoms with Crippen LogP contribution in [0.3, 0.4) is 0 Å². The van der Waals surface area contributed by atoms with Gasteiger partial charge in [0.25, 0.3) is 0 Å². The van der Waals surface area contributed by atoms with Crippen LogP contribution in [0.5, 0.6) is 0 Å². The largest absolute Gasteiger partial charge is 0.391 e. The number of aliphatic hydroxyl groups is 1. The van der Waals surface area contributed by atoms with Crippen LogP contribution in [0.25, 0.3) is 0 Å². The van der Waals surface area contributed by atoms with E-state index in [-0.39, 0.29) is 0 Å². The highest BCUT2D eigenvalue weighted by Gasteiger charge is 2.34. The Morgan fingerprint density at radius 3 is 2.67 bits per heavy atom. The molecule has 1 rings (SSSR count). The Balaban J connectivity index is 2.51. The van der Waals surface area contributed by atoms with E-state index in [0.29, 0.717) is 13.2 Å². The highest BCUT2D eigenvalue weighted by atomic mass is 16.5. The highest BCUT2D eigenvalue weighted by molar-refractivity contribution is 4.92. The number of ether oxygens (including phenoxy) is 1. The summed E-state index contributed by atoms with van der Waals surface area (Å²) in [6.45, 7) is 2.88. The first-order valence-corrected chi connectivity index (χ1v) is 3.20. The van der Waals surface area contributed by atoms with Crippen LogP contribution >= 0.6 is 0 Å². The SMILES string of the molecule is CC(O)[C@@]1(N)CCOC1. The normalized spacial score (nSPS) is 39.0. The summed E-state index contributed by atoms with van der Waals surface area (Å²) in [7, 11) is 0. The highest BCUT2D eigenvalue weighted by Crippen LogP contribution is 2.18. The van der Waals surface area contributed by atoms with E-state index in [0.717, 1.165) is 6.42 Å². The minimum Gasteiger partial charge on any atom is -0.391 e. The number of aliphatic hydroxyl groups excluding tert-OH is 1. The molecule has 2 atom stereocenters. The van der Waals surface area contributed by atoms with E-state index in [1.165, 1.54) is 0 Å². The van der Waals surface area contributed by atoms with Gasteiger partial charge in [-0.3, -0.25) is 0 Å². The summed E-state index contributed by atoms with van der Waals surface area (Å²) in [4.78, 5) is 0. The van der Waals surface area contributed by atoms with E-state index < -0.39 is 11.6 Å². The molecule has 1 fully saturated rings. The fraction of sp³-hybridized carbons (Fsp3) is 1.00. The summed E-state index contributed by atoms with van der Waals surface area (Å²) in [6, 6.07) is 0. The van der Waals surface area contributed by atoms with Crippen molar-refractivity contribution in [3.05, 3.63) is 0 Å². The van der Waals surface area contributed by atoms with E-state index in [1.807, 2.05) is 0 Å². The maximum atomic E-state index is 9.11. The average Bonchev–Trinajstić information content (AvgIpc) is 2.16. The van der Waals surface area contributed by atoms with Gasteiger partial charge in [0, 0.05) is 6.61 Å². The fourth-order valence-electron chi connectivity index (χ4n) is 0.926. The van der Waals surface area contributed by atoms with Crippen LogP contribution < -0.4 is 5.73 Å². The molecule has 0 spiro atoms. The van der Waals surface area contributed by atoms with E-state index in [1.54, 1.807) is 6.92 Å². The Bertz CT molecular complexity index is 97.2. The van der Waals surface area contributed by atoms with Crippen molar-refractivity contribution < 1.29 is 9.84 Å². The van der Waals surface area contributed by atoms with Gasteiger partial charge in [0.15, 0.2) is 0 Å². The van der Waals surface area contributed by atoms with Gasteiger partial charge in [-0.05, 0) is 13.3 Å². The Morgan fingerprint density at radius 1 is 1.78 bits per heavy atom. The van der Waals surface area contributed by atoms with Gasteiger partial charge >= 0.3 is 0 Å². The first kappa shape index (κ1) is 6.99. The standard InChI is InChI=1S/C6H13NO2/c1-5(8)6(7)2-3-9-4-6/h5,8H,2-4,7H2,1H3/t5?,6-/m1/s1. The third-order valence-electron chi connectivity index (χ3n) is 1.91. The fourth-order valence-corrected chi connectivity index (χ4v) is 0.926. The molecule has 0 aromatic rings. The third-order valence-corrected chi connectivity index (χ3v) is 1.91. The van der Waals surface area contributed by atoms with Gasteiger partial charge in [-0.15, -0.1) is 0 Å². The minimum absolute atomic E-state index is 0.458. The third kappa shape index (κ3) is 1.23. The van der Waals surface area contributed by atoms with E-state index in [9.17, 15) is 0 Å². The molecule has 1 saturated heterocycles. The van der Waals surface area contributed by atoms with E-state index in [2.05, 4.69) is 0 Å². The summed E-state index contributed by atoms with van der Waals surface area (Å²) in [5, 5.41) is 9.11. The Labute approximate surface area is 54.8 Å². The summed E-state index contributed by atoms with van der Waals surface area (Å²) < 4.78 is 5.04. The predicted molar refractivity (Wildman–Crippen MR) is 34.0 cm³/mol. The molecular formula is C6H13NO2. The molecule has 0 aromatic carbocycles. The van der Waals surface area contributed by atoms with Gasteiger partial charge in [-0.1, -0.05) is 0 Å². The zero-order valence-corrected chi connectivity index (χ0v) is 5.63. The zero-order valence-electron chi connectivity index (χ0n) is 5.63. The summed E-state index contributed by atoms with van der Waals surface area (Å²) in [6.07, 6.45) is 0.310. The predicted octanol–water partition coefficient (Wildman–Crippen LogP) is -0.515. The van der Waals surface area contributed by atoms with Gasteiger partial charge in [0.2, 0.25) is 0 Å². The molecule has 0 aliphatic carbocycles. The lowest BCUT2D eigenvalue weighted by molar-refractivity contribution is 0.0834. The topological polar surface area (TPSA) is 55.5 Å². The molecule has 3 N–H and O–H groups in total. The van der Waals surface area contributed by atoms with Gasteiger partial charge in [0.05, 0.1) is 18.2 Å². The van der Waals surface area contributed by atoms with Gasteiger partial charge in [0.1, 0.15) is 0 Å². The maximum Gasteiger partial charge on any atom is 0.0715 e. The summed E-state index contributed by atoms with van der Waals surface area (Å²) in [5.41, 5.74) is 5.25. The van der Waals surface area contributed by atoms with Gasteiger partial charge in [-0.2, -0.15) is 0 Å². The lowest BCUT2D eigenvalue weighted by Gasteiger charge is -2.24. The van der Waals surface area contributed by atoms with E-state index >= 15 is 0 Å². The molecular weight excluding hydrogens is 118 g/mol. The molecule has 1 aliphatic heterocycles. The summed E-state index contributed by atoms with van der Waals surface area (Å²) in [5.74, 6) is 0. The van der Waals surface area contributed by atoms with Crippen LogP contribution in [0.15, 0.2) is 0 Å². The molecule has 3 heteroatoms. The zero-order chi connectivity index (χ0) is 6.91. The lowest BCUT2D eigenvalue weighted by Crippen LogP contribution is -2.49. The molecule has 0 saturated carbocycles.